The molecule has 0 bridgehead atoms. The van der Waals surface area contributed by atoms with E-state index in [9.17, 15) is 4.79 Å². The van der Waals surface area contributed by atoms with Crippen molar-refractivity contribution in [1.82, 2.24) is 0 Å². The molecule has 2 aromatic rings. The fourth-order valence-electron chi connectivity index (χ4n) is 1.79. The third-order valence-electron chi connectivity index (χ3n) is 2.87. The smallest absolute Gasteiger partial charge is 0.323 e. The highest BCUT2D eigenvalue weighted by molar-refractivity contribution is 6.39. The maximum Gasteiger partial charge on any atom is 0.323 e. The SMILES string of the molecule is CC(N)c1cccc(NC(=O)Nc2c(Cl)cccc2Cl)c1. The molecule has 6 heteroatoms. The van der Waals surface area contributed by atoms with Gasteiger partial charge in [-0.05, 0) is 36.8 Å². The average molecular weight is 324 g/mol. The number of para-hydroxylation sites is 1. The summed E-state index contributed by atoms with van der Waals surface area (Å²) >= 11 is 12.0. The van der Waals surface area contributed by atoms with Crippen LogP contribution in [0.1, 0.15) is 18.5 Å². The molecule has 0 saturated heterocycles. The Labute approximate surface area is 133 Å². The summed E-state index contributed by atoms with van der Waals surface area (Å²) in [6.07, 6.45) is 0. The monoisotopic (exact) mass is 323 g/mol. The molecule has 110 valence electrons. The van der Waals surface area contributed by atoms with E-state index >= 15 is 0 Å². The van der Waals surface area contributed by atoms with Gasteiger partial charge in [0, 0.05) is 11.7 Å². The Morgan fingerprint density at radius 3 is 2.33 bits per heavy atom. The highest BCUT2D eigenvalue weighted by Crippen LogP contribution is 2.29. The van der Waals surface area contributed by atoms with Crippen molar-refractivity contribution >= 4 is 40.6 Å². The van der Waals surface area contributed by atoms with Crippen LogP contribution in [0.3, 0.4) is 0 Å². The summed E-state index contributed by atoms with van der Waals surface area (Å²) in [4.78, 5) is 12.0. The number of rotatable bonds is 3. The molecule has 4 nitrogen and oxygen atoms in total. The van der Waals surface area contributed by atoms with Gasteiger partial charge in [-0.3, -0.25) is 0 Å². The van der Waals surface area contributed by atoms with Crippen LogP contribution >= 0.6 is 23.2 Å². The van der Waals surface area contributed by atoms with E-state index in [2.05, 4.69) is 10.6 Å². The maximum atomic E-state index is 12.0. The average Bonchev–Trinajstić information content (AvgIpc) is 2.43. The van der Waals surface area contributed by atoms with Crippen molar-refractivity contribution in [3.63, 3.8) is 0 Å². The Kier molecular flexibility index (Phi) is 5.07. The van der Waals surface area contributed by atoms with Gasteiger partial charge in [-0.25, -0.2) is 4.79 Å². The molecule has 0 aliphatic carbocycles. The number of hydrogen-bond donors (Lipinski definition) is 3. The Bertz CT molecular complexity index is 639. The predicted molar refractivity (Wildman–Crippen MR) is 88.1 cm³/mol. The van der Waals surface area contributed by atoms with E-state index in [-0.39, 0.29) is 6.04 Å². The van der Waals surface area contributed by atoms with Crippen LogP contribution in [0, 0.1) is 0 Å². The number of nitrogens with one attached hydrogen (secondary N) is 2. The lowest BCUT2D eigenvalue weighted by atomic mass is 10.1. The first-order chi connectivity index (χ1) is 9.97. The number of halogens is 2. The molecule has 2 rings (SSSR count). The van der Waals surface area contributed by atoms with Gasteiger partial charge in [0.2, 0.25) is 0 Å². The molecule has 0 saturated carbocycles. The lowest BCUT2D eigenvalue weighted by Crippen LogP contribution is -2.20. The molecule has 2 amide bonds. The minimum absolute atomic E-state index is 0.104. The Balaban J connectivity index is 2.10. The standard InChI is InChI=1S/C15H15Cl2N3O/c1-9(18)10-4-2-5-11(8-10)19-15(21)20-14-12(16)6-3-7-13(14)17/h2-9H,18H2,1H3,(H2,19,20,21). The molecule has 0 spiro atoms. The first kappa shape index (κ1) is 15.6. The first-order valence-electron chi connectivity index (χ1n) is 6.35. The van der Waals surface area contributed by atoms with Crippen LogP contribution < -0.4 is 16.4 Å². The van der Waals surface area contributed by atoms with Crippen LogP contribution in [0.2, 0.25) is 10.0 Å². The third-order valence-corrected chi connectivity index (χ3v) is 3.50. The second-order valence-corrected chi connectivity index (χ2v) is 5.40. The minimum Gasteiger partial charge on any atom is -0.324 e. The molecule has 2 aromatic carbocycles. The molecular formula is C15H15Cl2N3O. The lowest BCUT2D eigenvalue weighted by molar-refractivity contribution is 0.262. The minimum atomic E-state index is -0.424. The van der Waals surface area contributed by atoms with Crippen molar-refractivity contribution in [1.29, 1.82) is 0 Å². The fraction of sp³-hybridized carbons (Fsp3) is 0.133. The van der Waals surface area contributed by atoms with Crippen LogP contribution in [-0.4, -0.2) is 6.03 Å². The van der Waals surface area contributed by atoms with Crippen LogP contribution in [0.25, 0.3) is 0 Å². The van der Waals surface area contributed by atoms with E-state index in [1.165, 1.54) is 0 Å². The summed E-state index contributed by atoms with van der Waals surface area (Å²) in [6.45, 7) is 1.88. The quantitative estimate of drug-likeness (QED) is 0.769. The van der Waals surface area contributed by atoms with Gasteiger partial charge in [-0.15, -0.1) is 0 Å². The molecule has 4 N–H and O–H groups in total. The summed E-state index contributed by atoms with van der Waals surface area (Å²) in [5.41, 5.74) is 7.77. The Morgan fingerprint density at radius 2 is 1.71 bits per heavy atom. The number of hydrogen-bond acceptors (Lipinski definition) is 2. The van der Waals surface area contributed by atoms with Gasteiger partial charge < -0.3 is 16.4 Å². The molecule has 1 unspecified atom stereocenters. The van der Waals surface area contributed by atoms with Gasteiger partial charge in [0.05, 0.1) is 15.7 Å². The third kappa shape index (κ3) is 4.11. The van der Waals surface area contributed by atoms with E-state index < -0.39 is 6.03 Å². The molecular weight excluding hydrogens is 309 g/mol. The normalized spacial score (nSPS) is 11.8. The molecule has 1 atom stereocenters. The van der Waals surface area contributed by atoms with Gasteiger partial charge in [-0.1, -0.05) is 41.4 Å². The Morgan fingerprint density at radius 1 is 1.10 bits per heavy atom. The van der Waals surface area contributed by atoms with Crippen molar-refractivity contribution in [2.75, 3.05) is 10.6 Å². The van der Waals surface area contributed by atoms with E-state index in [0.29, 0.717) is 21.4 Å². The van der Waals surface area contributed by atoms with Crippen LogP contribution in [-0.2, 0) is 0 Å². The zero-order valence-electron chi connectivity index (χ0n) is 11.4. The second kappa shape index (κ2) is 6.80. The summed E-state index contributed by atoms with van der Waals surface area (Å²) in [7, 11) is 0. The molecule has 0 aromatic heterocycles. The summed E-state index contributed by atoms with van der Waals surface area (Å²) < 4.78 is 0. The number of benzene rings is 2. The van der Waals surface area contributed by atoms with Crippen LogP contribution in [0.5, 0.6) is 0 Å². The number of carbonyl (C=O) groups excluding carboxylic acids is 1. The number of carbonyl (C=O) groups is 1. The number of anilines is 2. The second-order valence-electron chi connectivity index (χ2n) is 4.59. The van der Waals surface area contributed by atoms with Crippen molar-refractivity contribution in [3.05, 3.63) is 58.1 Å². The van der Waals surface area contributed by atoms with Gasteiger partial charge >= 0.3 is 6.03 Å². The summed E-state index contributed by atoms with van der Waals surface area (Å²) in [5, 5.41) is 6.10. The fourth-order valence-corrected chi connectivity index (χ4v) is 2.28. The van der Waals surface area contributed by atoms with Gasteiger partial charge in [0.15, 0.2) is 0 Å². The van der Waals surface area contributed by atoms with Crippen LogP contribution in [0.4, 0.5) is 16.2 Å². The number of urea groups is 1. The van der Waals surface area contributed by atoms with Crippen molar-refractivity contribution in [3.8, 4) is 0 Å². The zero-order chi connectivity index (χ0) is 15.4. The molecule has 0 radical (unpaired) electrons. The van der Waals surface area contributed by atoms with Crippen LogP contribution in [0.15, 0.2) is 42.5 Å². The maximum absolute atomic E-state index is 12.0. The summed E-state index contributed by atoms with van der Waals surface area (Å²) in [6, 6.07) is 11.8. The van der Waals surface area contributed by atoms with E-state index in [1.54, 1.807) is 24.3 Å². The molecule has 0 fully saturated rings. The summed E-state index contributed by atoms with van der Waals surface area (Å²) in [5.74, 6) is 0. The highest BCUT2D eigenvalue weighted by atomic mass is 35.5. The molecule has 0 heterocycles. The van der Waals surface area contributed by atoms with Crippen molar-refractivity contribution < 1.29 is 4.79 Å². The molecule has 0 aliphatic heterocycles. The highest BCUT2D eigenvalue weighted by Gasteiger charge is 2.10. The predicted octanol–water partition coefficient (Wildman–Crippen LogP) is 4.66. The van der Waals surface area contributed by atoms with Gasteiger partial charge in [0.25, 0.3) is 0 Å². The Hall–Kier alpha value is -1.75. The van der Waals surface area contributed by atoms with E-state index in [4.69, 9.17) is 28.9 Å². The molecule has 0 aliphatic rings. The van der Waals surface area contributed by atoms with E-state index in [0.717, 1.165) is 5.56 Å². The number of nitrogens with two attached hydrogens (primary N) is 1. The van der Waals surface area contributed by atoms with E-state index in [1.807, 2.05) is 25.1 Å². The largest absolute Gasteiger partial charge is 0.324 e. The van der Waals surface area contributed by atoms with Crippen molar-refractivity contribution in [2.45, 2.75) is 13.0 Å². The number of amides is 2. The molecule has 21 heavy (non-hydrogen) atoms. The lowest BCUT2D eigenvalue weighted by Gasteiger charge is -2.12. The van der Waals surface area contributed by atoms with Gasteiger partial charge in [0.1, 0.15) is 0 Å². The topological polar surface area (TPSA) is 67.1 Å². The zero-order valence-corrected chi connectivity index (χ0v) is 12.9. The first-order valence-corrected chi connectivity index (χ1v) is 7.10. The van der Waals surface area contributed by atoms with Crippen molar-refractivity contribution in [2.24, 2.45) is 5.73 Å². The van der Waals surface area contributed by atoms with Gasteiger partial charge in [-0.2, -0.15) is 0 Å².